The van der Waals surface area contributed by atoms with E-state index in [4.69, 9.17) is 11.6 Å². The van der Waals surface area contributed by atoms with Gasteiger partial charge in [0.25, 0.3) is 0 Å². The van der Waals surface area contributed by atoms with Crippen molar-refractivity contribution in [3.8, 4) is 6.07 Å². The number of nitrogens with zero attached hydrogens (tertiary/aromatic N) is 6. The summed E-state index contributed by atoms with van der Waals surface area (Å²) in [5.41, 5.74) is 1.77. The quantitative estimate of drug-likeness (QED) is 0.580. The van der Waals surface area contributed by atoms with Gasteiger partial charge in [-0.15, -0.1) is 10.2 Å². The van der Waals surface area contributed by atoms with Crippen molar-refractivity contribution in [2.45, 2.75) is 57.7 Å². The molecule has 0 bridgehead atoms. The van der Waals surface area contributed by atoms with Crippen molar-refractivity contribution in [2.75, 3.05) is 47.4 Å². The molecular formula is C26H32ClF2N7. The minimum absolute atomic E-state index is 0.213. The molecule has 1 N–H and O–H groups in total. The lowest BCUT2D eigenvalue weighted by Gasteiger charge is -2.40. The molecular weight excluding hydrogens is 484 g/mol. The van der Waals surface area contributed by atoms with E-state index in [-0.39, 0.29) is 17.3 Å². The van der Waals surface area contributed by atoms with Gasteiger partial charge in [-0.1, -0.05) is 11.6 Å². The van der Waals surface area contributed by atoms with Gasteiger partial charge in [0.15, 0.2) is 11.6 Å². The highest BCUT2D eigenvalue weighted by Crippen LogP contribution is 2.45. The summed E-state index contributed by atoms with van der Waals surface area (Å²) in [6.07, 6.45) is 4.50. The van der Waals surface area contributed by atoms with E-state index in [1.54, 1.807) is 12.1 Å². The van der Waals surface area contributed by atoms with E-state index in [1.165, 1.54) is 0 Å². The molecule has 7 nitrogen and oxygen atoms in total. The Morgan fingerprint density at radius 3 is 2.53 bits per heavy atom. The van der Waals surface area contributed by atoms with Gasteiger partial charge in [-0.2, -0.15) is 14.0 Å². The molecule has 0 saturated carbocycles. The van der Waals surface area contributed by atoms with Crippen LogP contribution in [-0.2, 0) is 0 Å². The summed E-state index contributed by atoms with van der Waals surface area (Å²) in [5, 5.41) is 21.4. The van der Waals surface area contributed by atoms with Crippen molar-refractivity contribution in [3.63, 3.8) is 0 Å². The van der Waals surface area contributed by atoms with Gasteiger partial charge < -0.3 is 15.1 Å². The van der Waals surface area contributed by atoms with E-state index in [2.05, 4.69) is 38.3 Å². The SMILES string of the molecule is C[C@H]1CC2(CCN(c3ccc(N(C(F)F)C4CCNCC4)nn3)CC2)CN1c1ccc(C#N)c(Cl)c1. The Morgan fingerprint density at radius 2 is 1.92 bits per heavy atom. The molecule has 192 valence electrons. The minimum atomic E-state index is -2.60. The van der Waals surface area contributed by atoms with Crippen LogP contribution in [0.5, 0.6) is 0 Å². The molecule has 3 fully saturated rings. The lowest BCUT2D eigenvalue weighted by atomic mass is 9.77. The number of nitriles is 1. The third-order valence-corrected chi connectivity index (χ3v) is 8.45. The third-order valence-electron chi connectivity index (χ3n) is 8.13. The second-order valence-corrected chi connectivity index (χ2v) is 10.8. The van der Waals surface area contributed by atoms with Crippen LogP contribution in [0.3, 0.4) is 0 Å². The molecule has 10 heteroatoms. The van der Waals surface area contributed by atoms with E-state index < -0.39 is 6.55 Å². The van der Waals surface area contributed by atoms with Crippen LogP contribution in [0.4, 0.5) is 26.1 Å². The number of alkyl halides is 2. The number of halogens is 3. The summed E-state index contributed by atoms with van der Waals surface area (Å²) in [5.74, 6) is 0.991. The molecule has 1 aromatic carbocycles. The van der Waals surface area contributed by atoms with Crippen LogP contribution in [0.15, 0.2) is 30.3 Å². The van der Waals surface area contributed by atoms with Crippen LogP contribution < -0.4 is 20.0 Å². The second kappa shape index (κ2) is 10.3. The van der Waals surface area contributed by atoms with Gasteiger partial charge in [0.2, 0.25) is 0 Å². The first-order chi connectivity index (χ1) is 17.4. The van der Waals surface area contributed by atoms with Crippen molar-refractivity contribution in [1.29, 1.82) is 5.26 Å². The summed E-state index contributed by atoms with van der Waals surface area (Å²) < 4.78 is 27.7. The number of piperidine rings is 2. The molecule has 4 heterocycles. The molecule has 0 amide bonds. The van der Waals surface area contributed by atoms with E-state index >= 15 is 0 Å². The molecule has 1 aromatic heterocycles. The van der Waals surface area contributed by atoms with Gasteiger partial charge in [-0.25, -0.2) is 0 Å². The number of hydrogen-bond donors (Lipinski definition) is 1. The lowest BCUT2D eigenvalue weighted by Crippen LogP contribution is -2.46. The molecule has 3 aliphatic heterocycles. The molecule has 3 aliphatic rings. The van der Waals surface area contributed by atoms with Crippen LogP contribution in [0, 0.1) is 16.7 Å². The maximum atomic E-state index is 13.8. The van der Waals surface area contributed by atoms with Gasteiger partial charge in [0, 0.05) is 37.4 Å². The average Bonchev–Trinajstić information content (AvgIpc) is 3.21. The molecule has 5 rings (SSSR count). The van der Waals surface area contributed by atoms with Gasteiger partial charge in [-0.3, -0.25) is 4.90 Å². The fourth-order valence-corrected chi connectivity index (χ4v) is 6.38. The molecule has 2 aromatic rings. The standard InChI is InChI=1S/C26H32ClF2N7/c1-18-15-26(17-35(18)21-3-2-19(16-30)22(27)14-21)8-12-34(13-9-26)23-4-5-24(33-32-23)36(25(28)29)20-6-10-31-11-7-20/h2-5,14,18,20,25,31H,6-13,15,17H2,1H3/t18-/m0/s1. The smallest absolute Gasteiger partial charge is 0.316 e. The van der Waals surface area contributed by atoms with E-state index in [1.807, 2.05) is 18.2 Å². The van der Waals surface area contributed by atoms with Gasteiger partial charge in [-0.05, 0) is 87.9 Å². The molecule has 0 aliphatic carbocycles. The second-order valence-electron chi connectivity index (χ2n) is 10.4. The Morgan fingerprint density at radius 1 is 1.17 bits per heavy atom. The number of hydrogen-bond acceptors (Lipinski definition) is 7. The van der Waals surface area contributed by atoms with Crippen molar-refractivity contribution in [2.24, 2.45) is 5.41 Å². The zero-order chi connectivity index (χ0) is 25.3. The Hall–Kier alpha value is -2.70. The molecule has 0 unspecified atom stereocenters. The number of nitrogens with one attached hydrogen (secondary N) is 1. The monoisotopic (exact) mass is 515 g/mol. The Balaban J connectivity index is 1.23. The van der Waals surface area contributed by atoms with Crippen LogP contribution in [0.25, 0.3) is 0 Å². The molecule has 36 heavy (non-hydrogen) atoms. The number of benzene rings is 1. The fourth-order valence-electron chi connectivity index (χ4n) is 6.17. The first-order valence-corrected chi connectivity index (χ1v) is 13.1. The Kier molecular flexibility index (Phi) is 7.18. The van der Waals surface area contributed by atoms with Gasteiger partial charge >= 0.3 is 6.55 Å². The number of aromatic nitrogens is 2. The summed E-state index contributed by atoms with van der Waals surface area (Å²) in [6.45, 7) is 3.79. The summed E-state index contributed by atoms with van der Waals surface area (Å²) in [6, 6.07) is 11.5. The van der Waals surface area contributed by atoms with E-state index in [9.17, 15) is 14.0 Å². The highest BCUT2D eigenvalue weighted by Gasteiger charge is 2.44. The Labute approximate surface area is 216 Å². The van der Waals surface area contributed by atoms with Crippen LogP contribution >= 0.6 is 11.6 Å². The first kappa shape index (κ1) is 25.0. The highest BCUT2D eigenvalue weighted by molar-refractivity contribution is 6.32. The minimum Gasteiger partial charge on any atom is -0.368 e. The average molecular weight is 516 g/mol. The fraction of sp³-hybridized carbons (Fsp3) is 0.577. The lowest BCUT2D eigenvalue weighted by molar-refractivity contribution is 0.123. The van der Waals surface area contributed by atoms with Crippen molar-refractivity contribution >= 4 is 28.9 Å². The summed E-state index contributed by atoms with van der Waals surface area (Å²) in [7, 11) is 0. The van der Waals surface area contributed by atoms with Crippen LogP contribution in [0.1, 0.15) is 44.6 Å². The van der Waals surface area contributed by atoms with Crippen molar-refractivity contribution in [3.05, 3.63) is 40.9 Å². The van der Waals surface area contributed by atoms with Crippen molar-refractivity contribution < 1.29 is 8.78 Å². The van der Waals surface area contributed by atoms with Gasteiger partial charge in [0.05, 0.1) is 10.6 Å². The predicted molar refractivity (Wildman–Crippen MR) is 138 cm³/mol. The normalized spacial score (nSPS) is 22.3. The zero-order valence-electron chi connectivity index (χ0n) is 20.5. The largest absolute Gasteiger partial charge is 0.368 e. The summed E-state index contributed by atoms with van der Waals surface area (Å²) in [4.78, 5) is 5.73. The molecule has 0 radical (unpaired) electrons. The van der Waals surface area contributed by atoms with E-state index in [0.717, 1.165) is 68.4 Å². The summed E-state index contributed by atoms with van der Waals surface area (Å²) >= 11 is 6.30. The topological polar surface area (TPSA) is 71.3 Å². The maximum Gasteiger partial charge on any atom is 0.316 e. The zero-order valence-corrected chi connectivity index (χ0v) is 21.3. The molecule has 1 atom stereocenters. The maximum absolute atomic E-state index is 13.8. The van der Waals surface area contributed by atoms with E-state index in [0.29, 0.717) is 29.5 Å². The predicted octanol–water partition coefficient (Wildman–Crippen LogP) is 4.67. The molecule has 3 saturated heterocycles. The third kappa shape index (κ3) is 4.94. The van der Waals surface area contributed by atoms with Crippen LogP contribution in [-0.4, -0.2) is 61.6 Å². The Bertz CT molecular complexity index is 1090. The van der Waals surface area contributed by atoms with Crippen LogP contribution in [0.2, 0.25) is 5.02 Å². The van der Waals surface area contributed by atoms with Gasteiger partial charge in [0.1, 0.15) is 6.07 Å². The number of anilines is 3. The highest BCUT2D eigenvalue weighted by atomic mass is 35.5. The molecule has 1 spiro atoms. The first-order valence-electron chi connectivity index (χ1n) is 12.7. The van der Waals surface area contributed by atoms with Crippen molar-refractivity contribution in [1.82, 2.24) is 15.5 Å². The number of rotatable bonds is 5.